The van der Waals surface area contributed by atoms with Crippen molar-refractivity contribution in [3.8, 4) is 0 Å². The van der Waals surface area contributed by atoms with Crippen molar-refractivity contribution in [3.05, 3.63) is 88.7 Å². The second-order valence-corrected chi connectivity index (χ2v) is 8.93. The highest BCUT2D eigenvalue weighted by atomic mass is 15.2. The Hall–Kier alpha value is -2.32. The first-order chi connectivity index (χ1) is 14.8. The van der Waals surface area contributed by atoms with E-state index in [0.29, 0.717) is 12.1 Å². The van der Waals surface area contributed by atoms with Crippen LogP contribution >= 0.6 is 0 Å². The van der Waals surface area contributed by atoms with Crippen LogP contribution in [0.2, 0.25) is 0 Å². The van der Waals surface area contributed by atoms with Gasteiger partial charge in [-0.25, -0.2) is 0 Å². The summed E-state index contributed by atoms with van der Waals surface area (Å²) in [4.78, 5) is 2.59. The fourth-order valence-electron chi connectivity index (χ4n) is 4.35. The van der Waals surface area contributed by atoms with Crippen molar-refractivity contribution in [1.29, 1.82) is 0 Å². The summed E-state index contributed by atoms with van der Waals surface area (Å²) in [5, 5.41) is 3.61. The van der Waals surface area contributed by atoms with Gasteiger partial charge in [-0.1, -0.05) is 60.7 Å². The molecule has 168 valence electrons. The normalized spacial score (nSPS) is 21.5. The zero-order valence-corrected chi connectivity index (χ0v) is 20.8. The van der Waals surface area contributed by atoms with Crippen LogP contribution in [0.15, 0.2) is 77.6 Å². The smallest absolute Gasteiger partial charge is 0.0384 e. The van der Waals surface area contributed by atoms with Crippen molar-refractivity contribution < 1.29 is 0 Å². The summed E-state index contributed by atoms with van der Waals surface area (Å²) in [7, 11) is 0. The molecule has 1 fully saturated rings. The molecule has 0 aliphatic carbocycles. The van der Waals surface area contributed by atoms with Crippen LogP contribution < -0.4 is 5.32 Å². The molecule has 1 aromatic carbocycles. The Morgan fingerprint density at radius 1 is 1.23 bits per heavy atom. The van der Waals surface area contributed by atoms with Gasteiger partial charge in [0.05, 0.1) is 0 Å². The zero-order valence-electron chi connectivity index (χ0n) is 20.8. The lowest BCUT2D eigenvalue weighted by molar-refractivity contribution is 0.189. The Morgan fingerprint density at radius 3 is 2.61 bits per heavy atom. The molecule has 1 aromatic rings. The molecular formula is C29H42N2. The summed E-state index contributed by atoms with van der Waals surface area (Å²) >= 11 is 0. The molecule has 0 bridgehead atoms. The maximum atomic E-state index is 4.48. The predicted molar refractivity (Wildman–Crippen MR) is 138 cm³/mol. The lowest BCUT2D eigenvalue weighted by Crippen LogP contribution is -2.53. The first kappa shape index (κ1) is 24.9. The number of nitrogens with zero attached hydrogens (tertiary/aromatic N) is 1. The van der Waals surface area contributed by atoms with Crippen LogP contribution in [-0.4, -0.2) is 30.1 Å². The summed E-state index contributed by atoms with van der Waals surface area (Å²) in [6.07, 6.45) is 10.8. The first-order valence-corrected chi connectivity index (χ1v) is 11.7. The third kappa shape index (κ3) is 6.83. The molecule has 1 aliphatic heterocycles. The highest BCUT2D eigenvalue weighted by Crippen LogP contribution is 2.33. The summed E-state index contributed by atoms with van der Waals surface area (Å²) in [6.45, 7) is 22.0. The lowest BCUT2D eigenvalue weighted by atomic mass is 9.88. The maximum absolute atomic E-state index is 4.48. The van der Waals surface area contributed by atoms with E-state index in [1.165, 1.54) is 39.1 Å². The average molecular weight is 419 g/mol. The molecule has 0 aromatic heterocycles. The number of piperazine rings is 1. The molecule has 1 heterocycles. The fraction of sp³-hybridized carbons (Fsp3) is 0.448. The van der Waals surface area contributed by atoms with Crippen LogP contribution in [0.1, 0.15) is 65.5 Å². The molecule has 1 N–H and O–H groups in total. The van der Waals surface area contributed by atoms with Gasteiger partial charge in [0.25, 0.3) is 0 Å². The molecule has 0 saturated carbocycles. The van der Waals surface area contributed by atoms with Gasteiger partial charge in [-0.3, -0.25) is 0 Å². The summed E-state index contributed by atoms with van der Waals surface area (Å²) in [5.41, 5.74) is 9.14. The maximum Gasteiger partial charge on any atom is 0.0384 e. The monoisotopic (exact) mass is 418 g/mol. The third-order valence-electron chi connectivity index (χ3n) is 6.27. The minimum atomic E-state index is 0.479. The first-order valence-electron chi connectivity index (χ1n) is 11.7. The quantitative estimate of drug-likeness (QED) is 0.354. The van der Waals surface area contributed by atoms with Gasteiger partial charge in [-0.05, 0) is 89.2 Å². The topological polar surface area (TPSA) is 15.3 Å². The molecule has 2 heteroatoms. The number of nitrogens with one attached hydrogen (secondary N) is 1. The fourth-order valence-corrected chi connectivity index (χ4v) is 4.35. The van der Waals surface area contributed by atoms with Gasteiger partial charge in [-0.2, -0.15) is 0 Å². The van der Waals surface area contributed by atoms with Crippen molar-refractivity contribution in [3.63, 3.8) is 0 Å². The SMILES string of the molecule is C=C(CC(=C/C/C=C\C)/C(C(/C)=C\C)=C(\C)N1C[C@@H](C)NC[C@@H]1C)c1cccc(C)c1. The van der Waals surface area contributed by atoms with Gasteiger partial charge in [-0.15, -0.1) is 0 Å². The van der Waals surface area contributed by atoms with Gasteiger partial charge in [0, 0.05) is 30.9 Å². The molecule has 31 heavy (non-hydrogen) atoms. The van der Waals surface area contributed by atoms with Crippen LogP contribution in [0, 0.1) is 6.92 Å². The molecule has 0 radical (unpaired) electrons. The van der Waals surface area contributed by atoms with Crippen LogP contribution in [0.5, 0.6) is 0 Å². The van der Waals surface area contributed by atoms with Crippen LogP contribution in [0.3, 0.4) is 0 Å². The standard InChI is InChI=1S/C29H42N2/c1-9-11-12-15-28(18-23(5)27-16-13-14-21(3)17-27)29(22(4)10-2)26(8)31-20-24(6)30-19-25(31)7/h9-11,13-17,24-25,30H,5,12,18-20H2,1-4,6-8H3/b11-9-,22-10-,28-15-,29-26+/t24-,25+/m1/s1. The molecule has 1 aliphatic rings. The predicted octanol–water partition coefficient (Wildman–Crippen LogP) is 7.21. The van der Waals surface area contributed by atoms with E-state index in [9.17, 15) is 0 Å². The minimum absolute atomic E-state index is 0.479. The van der Waals surface area contributed by atoms with E-state index in [-0.39, 0.29) is 0 Å². The highest BCUT2D eigenvalue weighted by Gasteiger charge is 2.25. The molecule has 1 saturated heterocycles. The molecular weight excluding hydrogens is 376 g/mol. The molecule has 0 unspecified atom stereocenters. The Kier molecular flexibility index (Phi) is 9.58. The van der Waals surface area contributed by atoms with E-state index in [0.717, 1.165) is 25.9 Å². The van der Waals surface area contributed by atoms with Gasteiger partial charge in [0.1, 0.15) is 0 Å². The Labute approximate surface area is 191 Å². The van der Waals surface area contributed by atoms with Gasteiger partial charge in [0.2, 0.25) is 0 Å². The van der Waals surface area contributed by atoms with E-state index in [2.05, 4.69) is 114 Å². The Morgan fingerprint density at radius 2 is 1.97 bits per heavy atom. The van der Waals surface area contributed by atoms with E-state index in [1.807, 2.05) is 0 Å². The van der Waals surface area contributed by atoms with E-state index in [4.69, 9.17) is 0 Å². The van der Waals surface area contributed by atoms with Crippen molar-refractivity contribution in [2.45, 2.75) is 73.4 Å². The lowest BCUT2D eigenvalue weighted by Gasteiger charge is -2.41. The molecule has 2 atom stereocenters. The van der Waals surface area contributed by atoms with Crippen molar-refractivity contribution >= 4 is 5.57 Å². The molecule has 0 amide bonds. The van der Waals surface area contributed by atoms with Crippen LogP contribution in [0.4, 0.5) is 0 Å². The second-order valence-electron chi connectivity index (χ2n) is 8.93. The number of benzene rings is 1. The van der Waals surface area contributed by atoms with Crippen LogP contribution in [-0.2, 0) is 0 Å². The average Bonchev–Trinajstić information content (AvgIpc) is 2.75. The molecule has 2 rings (SSSR count). The van der Waals surface area contributed by atoms with Crippen molar-refractivity contribution in [1.82, 2.24) is 10.2 Å². The number of hydrogen-bond donors (Lipinski definition) is 1. The highest BCUT2D eigenvalue weighted by molar-refractivity contribution is 5.68. The molecule has 0 spiro atoms. The van der Waals surface area contributed by atoms with Gasteiger partial charge >= 0.3 is 0 Å². The zero-order chi connectivity index (χ0) is 23.0. The van der Waals surface area contributed by atoms with E-state index < -0.39 is 0 Å². The van der Waals surface area contributed by atoms with Crippen molar-refractivity contribution in [2.24, 2.45) is 0 Å². The summed E-state index contributed by atoms with van der Waals surface area (Å²) in [5.74, 6) is 0. The third-order valence-corrected chi connectivity index (χ3v) is 6.27. The number of hydrogen-bond acceptors (Lipinski definition) is 2. The Bertz CT molecular complexity index is 882. The van der Waals surface area contributed by atoms with Gasteiger partial charge in [0.15, 0.2) is 0 Å². The van der Waals surface area contributed by atoms with E-state index in [1.54, 1.807) is 0 Å². The molecule has 2 nitrogen and oxygen atoms in total. The largest absolute Gasteiger partial charge is 0.369 e. The summed E-state index contributed by atoms with van der Waals surface area (Å²) < 4.78 is 0. The van der Waals surface area contributed by atoms with Gasteiger partial charge < -0.3 is 10.2 Å². The van der Waals surface area contributed by atoms with E-state index >= 15 is 0 Å². The van der Waals surface area contributed by atoms with Crippen LogP contribution in [0.25, 0.3) is 5.57 Å². The number of rotatable bonds is 8. The van der Waals surface area contributed by atoms with Crippen molar-refractivity contribution in [2.75, 3.05) is 13.1 Å². The number of allylic oxidation sites excluding steroid dienone is 9. The Balaban J connectivity index is 2.52. The number of aryl methyl sites for hydroxylation is 1. The summed E-state index contributed by atoms with van der Waals surface area (Å²) in [6, 6.07) is 9.67. The second kappa shape index (κ2) is 11.9. The minimum Gasteiger partial charge on any atom is -0.369 e.